The first-order valence-corrected chi connectivity index (χ1v) is 10.7. The lowest BCUT2D eigenvalue weighted by Gasteiger charge is -2.25. The lowest BCUT2D eigenvalue weighted by atomic mass is 10.0. The van der Waals surface area contributed by atoms with Gasteiger partial charge >= 0.3 is 0 Å². The van der Waals surface area contributed by atoms with E-state index in [-0.39, 0.29) is 16.4 Å². The summed E-state index contributed by atoms with van der Waals surface area (Å²) in [6.45, 7) is 6.19. The van der Waals surface area contributed by atoms with E-state index in [4.69, 9.17) is 4.74 Å². The van der Waals surface area contributed by atoms with E-state index in [1.54, 1.807) is 6.07 Å². The molecule has 1 aliphatic heterocycles. The summed E-state index contributed by atoms with van der Waals surface area (Å²) in [6, 6.07) is 11.9. The van der Waals surface area contributed by atoms with Gasteiger partial charge in [0.25, 0.3) is 15.9 Å². The molecule has 1 heterocycles. The summed E-state index contributed by atoms with van der Waals surface area (Å²) in [5.41, 5.74) is 1.49. The number of sulfonamides is 1. The minimum Gasteiger partial charge on any atom is -0.496 e. The third-order valence-electron chi connectivity index (χ3n) is 5.18. The third kappa shape index (κ3) is 3.71. The van der Waals surface area contributed by atoms with Crippen molar-refractivity contribution in [3.05, 3.63) is 53.6 Å². The smallest absolute Gasteiger partial charge is 0.264 e. The number of para-hydroxylation sites is 1. The zero-order valence-electron chi connectivity index (χ0n) is 16.7. The van der Waals surface area contributed by atoms with E-state index in [1.807, 2.05) is 39.0 Å². The van der Waals surface area contributed by atoms with Crippen LogP contribution in [-0.2, 0) is 16.4 Å². The Balaban J connectivity index is 2.00. The first-order chi connectivity index (χ1) is 13.2. The van der Waals surface area contributed by atoms with Crippen molar-refractivity contribution in [1.29, 1.82) is 0 Å². The van der Waals surface area contributed by atoms with Crippen molar-refractivity contribution in [2.24, 2.45) is 0 Å². The molecule has 0 atom stereocenters. The number of fused-ring (bicyclic) bond motifs is 1. The molecule has 1 aliphatic rings. The van der Waals surface area contributed by atoms with Crippen LogP contribution in [0.4, 0.5) is 5.69 Å². The molecular weight excluding hydrogens is 376 g/mol. The summed E-state index contributed by atoms with van der Waals surface area (Å²) in [5.74, 6) is -0.0206. The zero-order chi connectivity index (χ0) is 20.5. The van der Waals surface area contributed by atoms with Crippen LogP contribution < -0.4 is 14.4 Å². The molecule has 0 aliphatic carbocycles. The standard InChI is InChI=1S/C21H26N2O4S/c1-5-21(2,3)22-20(24)17-14-16(10-11-19(17)27-4)28(25,26)23-13-12-15-8-6-7-9-18(15)23/h6-11,14H,5,12-13H2,1-4H3,(H,22,24). The van der Waals surface area contributed by atoms with Crippen LogP contribution in [0.5, 0.6) is 5.75 Å². The van der Waals surface area contributed by atoms with Gasteiger partial charge in [0.2, 0.25) is 0 Å². The highest BCUT2D eigenvalue weighted by Crippen LogP contribution is 2.34. The molecule has 0 bridgehead atoms. The highest BCUT2D eigenvalue weighted by Gasteiger charge is 2.32. The van der Waals surface area contributed by atoms with Gasteiger partial charge < -0.3 is 10.1 Å². The van der Waals surface area contributed by atoms with Gasteiger partial charge in [0, 0.05) is 12.1 Å². The van der Waals surface area contributed by atoms with Gasteiger partial charge in [-0.25, -0.2) is 8.42 Å². The normalized spacial score (nSPS) is 13.9. The number of rotatable bonds is 6. The summed E-state index contributed by atoms with van der Waals surface area (Å²) in [6.07, 6.45) is 1.41. The van der Waals surface area contributed by atoms with Crippen molar-refractivity contribution in [2.75, 3.05) is 18.0 Å². The number of nitrogens with one attached hydrogen (secondary N) is 1. The lowest BCUT2D eigenvalue weighted by Crippen LogP contribution is -2.43. The minimum atomic E-state index is -3.78. The molecule has 0 radical (unpaired) electrons. The Bertz CT molecular complexity index is 999. The van der Waals surface area contributed by atoms with E-state index in [1.165, 1.54) is 29.6 Å². The summed E-state index contributed by atoms with van der Waals surface area (Å²) in [5, 5.41) is 2.93. The Hall–Kier alpha value is -2.54. The van der Waals surface area contributed by atoms with E-state index in [0.29, 0.717) is 24.4 Å². The van der Waals surface area contributed by atoms with Gasteiger partial charge in [0.15, 0.2) is 0 Å². The molecule has 0 fully saturated rings. The first-order valence-electron chi connectivity index (χ1n) is 9.31. The third-order valence-corrected chi connectivity index (χ3v) is 6.99. The molecule has 0 aromatic heterocycles. The van der Waals surface area contributed by atoms with E-state index >= 15 is 0 Å². The van der Waals surface area contributed by atoms with Crippen LogP contribution >= 0.6 is 0 Å². The lowest BCUT2D eigenvalue weighted by molar-refractivity contribution is 0.0908. The van der Waals surface area contributed by atoms with Gasteiger partial charge in [-0.1, -0.05) is 25.1 Å². The molecule has 0 spiro atoms. The Labute approximate surface area is 166 Å². The monoisotopic (exact) mass is 402 g/mol. The van der Waals surface area contributed by atoms with Gasteiger partial charge in [-0.15, -0.1) is 0 Å². The molecular formula is C21H26N2O4S. The van der Waals surface area contributed by atoms with Crippen molar-refractivity contribution < 1.29 is 17.9 Å². The van der Waals surface area contributed by atoms with Crippen LogP contribution in [0, 0.1) is 0 Å². The predicted octanol–water partition coefficient (Wildman–Crippen LogP) is 3.37. The average Bonchev–Trinajstić information content (AvgIpc) is 3.12. The molecule has 6 nitrogen and oxygen atoms in total. The molecule has 7 heteroatoms. The topological polar surface area (TPSA) is 75.7 Å². The van der Waals surface area contributed by atoms with E-state index < -0.39 is 15.6 Å². The van der Waals surface area contributed by atoms with E-state index in [0.717, 1.165) is 12.0 Å². The van der Waals surface area contributed by atoms with Crippen LogP contribution in [0.1, 0.15) is 43.1 Å². The van der Waals surface area contributed by atoms with Crippen LogP contribution in [-0.4, -0.2) is 33.5 Å². The Morgan fingerprint density at radius 2 is 1.93 bits per heavy atom. The maximum atomic E-state index is 13.3. The number of anilines is 1. The van der Waals surface area contributed by atoms with Crippen LogP contribution in [0.2, 0.25) is 0 Å². The molecule has 0 saturated heterocycles. The summed E-state index contributed by atoms with van der Waals surface area (Å²) >= 11 is 0. The first kappa shape index (κ1) is 20.2. The molecule has 28 heavy (non-hydrogen) atoms. The predicted molar refractivity (Wildman–Crippen MR) is 110 cm³/mol. The number of hydrogen-bond donors (Lipinski definition) is 1. The second-order valence-electron chi connectivity index (χ2n) is 7.51. The highest BCUT2D eigenvalue weighted by molar-refractivity contribution is 7.92. The van der Waals surface area contributed by atoms with Crippen LogP contribution in [0.15, 0.2) is 47.4 Å². The van der Waals surface area contributed by atoms with Crippen molar-refractivity contribution in [3.63, 3.8) is 0 Å². The second kappa shape index (κ2) is 7.47. The fourth-order valence-electron chi connectivity index (χ4n) is 3.17. The highest BCUT2D eigenvalue weighted by atomic mass is 32.2. The number of carbonyl (C=O) groups excluding carboxylic acids is 1. The number of nitrogens with zero attached hydrogens (tertiary/aromatic N) is 1. The van der Waals surface area contributed by atoms with Crippen LogP contribution in [0.3, 0.4) is 0 Å². The zero-order valence-corrected chi connectivity index (χ0v) is 17.5. The molecule has 2 aromatic rings. The van der Waals surface area contributed by atoms with Gasteiger partial charge in [-0.05, 0) is 56.5 Å². The SMILES string of the molecule is CCC(C)(C)NC(=O)c1cc(S(=O)(=O)N2CCc3ccccc32)ccc1OC. The van der Waals surface area contributed by atoms with Gasteiger partial charge in [0.1, 0.15) is 5.75 Å². The number of amides is 1. The maximum Gasteiger partial charge on any atom is 0.264 e. The molecule has 1 amide bonds. The maximum absolute atomic E-state index is 13.3. The summed E-state index contributed by atoms with van der Waals surface area (Å²) < 4.78 is 33.2. The molecule has 2 aromatic carbocycles. The molecule has 1 N–H and O–H groups in total. The fourth-order valence-corrected chi connectivity index (χ4v) is 4.70. The average molecular weight is 403 g/mol. The number of ether oxygens (including phenoxy) is 1. The van der Waals surface area contributed by atoms with Crippen molar-refractivity contribution in [3.8, 4) is 5.75 Å². The molecule has 0 unspecified atom stereocenters. The van der Waals surface area contributed by atoms with Crippen LogP contribution in [0.25, 0.3) is 0 Å². The van der Waals surface area contributed by atoms with Crippen molar-refractivity contribution in [1.82, 2.24) is 5.32 Å². The summed E-state index contributed by atoms with van der Waals surface area (Å²) in [4.78, 5) is 12.9. The van der Waals surface area contributed by atoms with Crippen molar-refractivity contribution in [2.45, 2.75) is 44.0 Å². The fraction of sp³-hybridized carbons (Fsp3) is 0.381. The van der Waals surface area contributed by atoms with E-state index in [2.05, 4.69) is 5.32 Å². The van der Waals surface area contributed by atoms with Gasteiger partial charge in [-0.3, -0.25) is 9.10 Å². The Morgan fingerprint density at radius 1 is 1.21 bits per heavy atom. The number of carbonyl (C=O) groups is 1. The molecule has 150 valence electrons. The van der Waals surface area contributed by atoms with Gasteiger partial charge in [0.05, 0.1) is 23.3 Å². The van der Waals surface area contributed by atoms with Gasteiger partial charge in [-0.2, -0.15) is 0 Å². The summed E-state index contributed by atoms with van der Waals surface area (Å²) in [7, 11) is -2.32. The Kier molecular flexibility index (Phi) is 5.39. The molecule has 3 rings (SSSR count). The number of benzene rings is 2. The number of methoxy groups -OCH3 is 1. The Morgan fingerprint density at radius 3 is 2.61 bits per heavy atom. The van der Waals surface area contributed by atoms with Crippen molar-refractivity contribution >= 4 is 21.6 Å². The number of hydrogen-bond acceptors (Lipinski definition) is 4. The molecule has 0 saturated carbocycles. The quantitative estimate of drug-likeness (QED) is 0.804. The largest absolute Gasteiger partial charge is 0.496 e. The second-order valence-corrected chi connectivity index (χ2v) is 9.37. The minimum absolute atomic E-state index is 0.0736. The van der Waals surface area contributed by atoms with E-state index in [9.17, 15) is 13.2 Å².